The van der Waals surface area contributed by atoms with E-state index in [2.05, 4.69) is 15.3 Å². The molecular formula is C23H25N5O4S. The maximum Gasteiger partial charge on any atom is 0.325 e. The van der Waals surface area contributed by atoms with E-state index in [1.165, 1.54) is 16.2 Å². The van der Waals surface area contributed by atoms with E-state index < -0.39 is 11.9 Å². The number of nitrogens with two attached hydrogens (primary N) is 1. The highest BCUT2D eigenvalue weighted by Gasteiger charge is 2.58. The fourth-order valence-electron chi connectivity index (χ4n) is 5.45. The molecule has 0 aromatic carbocycles. The average molecular weight is 468 g/mol. The predicted molar refractivity (Wildman–Crippen MR) is 119 cm³/mol. The van der Waals surface area contributed by atoms with E-state index in [0.717, 1.165) is 49.1 Å². The van der Waals surface area contributed by atoms with Crippen molar-refractivity contribution in [1.29, 1.82) is 0 Å². The van der Waals surface area contributed by atoms with Crippen LogP contribution >= 0.6 is 11.3 Å². The minimum absolute atomic E-state index is 0.0142. The van der Waals surface area contributed by atoms with Gasteiger partial charge in [0.2, 0.25) is 5.88 Å². The number of thiazole rings is 1. The Kier molecular flexibility index (Phi) is 4.69. The van der Waals surface area contributed by atoms with E-state index in [1.807, 2.05) is 12.1 Å². The summed E-state index contributed by atoms with van der Waals surface area (Å²) in [5, 5.41) is 3.76. The van der Waals surface area contributed by atoms with Crippen molar-refractivity contribution < 1.29 is 19.1 Å². The number of aromatic nitrogens is 2. The summed E-state index contributed by atoms with van der Waals surface area (Å²) in [7, 11) is 0. The Morgan fingerprint density at radius 2 is 2.06 bits per heavy atom. The molecule has 4 aliphatic rings. The SMILES string of the molecule is NC(=O)c1sc(C2CC2)nc1O[C@H]1CC2(C1)C[C@H](N1C(=O)NC(Cc3cccnc3)C1=O)C2. The molecule has 4 fully saturated rings. The average Bonchev–Trinajstić information content (AvgIpc) is 3.44. The fourth-order valence-corrected chi connectivity index (χ4v) is 6.47. The first-order chi connectivity index (χ1) is 15.9. The molecule has 1 aliphatic heterocycles. The minimum atomic E-state index is -0.534. The van der Waals surface area contributed by atoms with Crippen molar-refractivity contribution in [2.24, 2.45) is 11.1 Å². The molecule has 3 heterocycles. The second kappa shape index (κ2) is 7.51. The molecule has 10 heteroatoms. The smallest absolute Gasteiger partial charge is 0.325 e. The lowest BCUT2D eigenvalue weighted by Crippen LogP contribution is -2.60. The van der Waals surface area contributed by atoms with Crippen molar-refractivity contribution in [1.82, 2.24) is 20.2 Å². The van der Waals surface area contributed by atoms with Crippen molar-refractivity contribution >= 4 is 29.2 Å². The highest BCUT2D eigenvalue weighted by Crippen LogP contribution is 2.58. The monoisotopic (exact) mass is 467 g/mol. The molecule has 0 bridgehead atoms. The molecule has 3 aliphatic carbocycles. The molecule has 6 rings (SSSR count). The van der Waals surface area contributed by atoms with Gasteiger partial charge in [-0.25, -0.2) is 9.78 Å². The molecule has 172 valence electrons. The lowest BCUT2D eigenvalue weighted by atomic mass is 9.52. The Balaban J connectivity index is 1.04. The molecule has 3 N–H and O–H groups in total. The van der Waals surface area contributed by atoms with Gasteiger partial charge in [-0.05, 0) is 55.6 Å². The van der Waals surface area contributed by atoms with Gasteiger partial charge in [-0.2, -0.15) is 0 Å². The molecule has 2 aromatic rings. The molecule has 0 radical (unpaired) electrons. The van der Waals surface area contributed by atoms with Crippen LogP contribution < -0.4 is 15.8 Å². The Morgan fingerprint density at radius 3 is 2.73 bits per heavy atom. The summed E-state index contributed by atoms with van der Waals surface area (Å²) >= 11 is 1.35. The largest absolute Gasteiger partial charge is 0.473 e. The maximum atomic E-state index is 12.9. The summed E-state index contributed by atoms with van der Waals surface area (Å²) in [6, 6.07) is 2.82. The third-order valence-corrected chi connectivity index (χ3v) is 8.49. The number of primary amides is 1. The third kappa shape index (κ3) is 3.66. The lowest BCUT2D eigenvalue weighted by molar-refractivity contribution is -0.140. The number of hydrogen-bond acceptors (Lipinski definition) is 7. The number of ether oxygens (including phenoxy) is 1. The summed E-state index contributed by atoms with van der Waals surface area (Å²) < 4.78 is 6.05. The second-order valence-corrected chi connectivity index (χ2v) is 10.8. The van der Waals surface area contributed by atoms with E-state index in [0.29, 0.717) is 23.1 Å². The molecule has 1 saturated heterocycles. The number of hydrogen-bond donors (Lipinski definition) is 2. The number of nitrogens with one attached hydrogen (secondary N) is 1. The van der Waals surface area contributed by atoms with Crippen LogP contribution in [-0.2, 0) is 11.2 Å². The van der Waals surface area contributed by atoms with Gasteiger partial charge in [0.15, 0.2) is 4.88 Å². The molecule has 1 spiro atoms. The van der Waals surface area contributed by atoms with Crippen molar-refractivity contribution in [3.63, 3.8) is 0 Å². The summed E-state index contributed by atoms with van der Waals surface area (Å²) in [5.41, 5.74) is 6.54. The molecule has 2 aromatic heterocycles. The Hall–Kier alpha value is -3.01. The second-order valence-electron chi connectivity index (χ2n) is 9.81. The normalized spacial score (nSPS) is 30.7. The lowest BCUT2D eigenvalue weighted by Gasteiger charge is -2.58. The van der Waals surface area contributed by atoms with Gasteiger partial charge in [0, 0.05) is 30.8 Å². The van der Waals surface area contributed by atoms with E-state index >= 15 is 0 Å². The first-order valence-corrected chi connectivity index (χ1v) is 12.2. The van der Waals surface area contributed by atoms with Crippen molar-refractivity contribution in [3.8, 4) is 5.88 Å². The van der Waals surface area contributed by atoms with Crippen LogP contribution in [0.3, 0.4) is 0 Å². The van der Waals surface area contributed by atoms with E-state index in [9.17, 15) is 14.4 Å². The summed E-state index contributed by atoms with van der Waals surface area (Å²) in [6.45, 7) is 0. The Labute approximate surface area is 194 Å². The third-order valence-electron chi connectivity index (χ3n) is 7.28. The van der Waals surface area contributed by atoms with E-state index in [-0.39, 0.29) is 29.5 Å². The predicted octanol–water partition coefficient (Wildman–Crippen LogP) is 2.37. The fraction of sp³-hybridized carbons (Fsp3) is 0.522. The summed E-state index contributed by atoms with van der Waals surface area (Å²) in [6.07, 6.45) is 9.29. The van der Waals surface area contributed by atoms with Gasteiger partial charge >= 0.3 is 6.03 Å². The Bertz CT molecular complexity index is 1120. The first kappa shape index (κ1) is 20.6. The van der Waals surface area contributed by atoms with Gasteiger partial charge in [-0.1, -0.05) is 6.07 Å². The molecular weight excluding hydrogens is 442 g/mol. The van der Waals surface area contributed by atoms with Crippen LogP contribution in [0, 0.1) is 5.41 Å². The molecule has 9 nitrogen and oxygen atoms in total. The van der Waals surface area contributed by atoms with Gasteiger partial charge in [-0.3, -0.25) is 19.5 Å². The van der Waals surface area contributed by atoms with E-state index in [4.69, 9.17) is 10.5 Å². The van der Waals surface area contributed by atoms with Crippen LogP contribution in [0.15, 0.2) is 24.5 Å². The standard InChI is InChI=1S/C23H25N5O4S/c24-18(29)17-19(27-20(33-17)13-3-4-13)32-15-9-23(10-15)7-14(8-23)28-21(30)16(26-22(28)31)6-12-2-1-5-25-11-12/h1-2,5,11,13-16H,3-4,6-10H2,(H2,24,29)(H,26,31)/t14-,15-,16?,23?. The number of imide groups is 1. The number of pyridine rings is 1. The first-order valence-electron chi connectivity index (χ1n) is 11.4. The minimum Gasteiger partial charge on any atom is -0.473 e. The van der Waals surface area contributed by atoms with Crippen LogP contribution in [0.1, 0.15) is 64.7 Å². The van der Waals surface area contributed by atoms with E-state index in [1.54, 1.807) is 12.4 Å². The molecule has 4 amide bonds. The number of rotatable bonds is 7. The van der Waals surface area contributed by atoms with Gasteiger partial charge < -0.3 is 15.8 Å². The number of carbonyl (C=O) groups excluding carboxylic acids is 3. The van der Waals surface area contributed by atoms with Gasteiger partial charge in [0.25, 0.3) is 11.8 Å². The number of carbonyl (C=O) groups is 3. The molecule has 1 unspecified atom stereocenters. The number of nitrogens with zero attached hydrogens (tertiary/aromatic N) is 3. The quantitative estimate of drug-likeness (QED) is 0.602. The van der Waals surface area contributed by atoms with Crippen LogP contribution in [0.5, 0.6) is 5.88 Å². The van der Waals surface area contributed by atoms with Gasteiger partial charge in [0.05, 0.1) is 0 Å². The van der Waals surface area contributed by atoms with Crippen LogP contribution in [0.25, 0.3) is 0 Å². The summed E-state index contributed by atoms with van der Waals surface area (Å²) in [4.78, 5) is 47.6. The van der Waals surface area contributed by atoms with Crippen molar-refractivity contribution in [2.45, 2.75) is 69.1 Å². The molecule has 33 heavy (non-hydrogen) atoms. The number of urea groups is 1. The Morgan fingerprint density at radius 1 is 1.27 bits per heavy atom. The zero-order chi connectivity index (χ0) is 22.7. The zero-order valence-electron chi connectivity index (χ0n) is 18.0. The molecule has 3 saturated carbocycles. The zero-order valence-corrected chi connectivity index (χ0v) is 18.8. The van der Waals surface area contributed by atoms with Crippen LogP contribution in [0.4, 0.5) is 4.79 Å². The topological polar surface area (TPSA) is 128 Å². The highest BCUT2D eigenvalue weighted by molar-refractivity contribution is 7.14. The van der Waals surface area contributed by atoms with Gasteiger partial charge in [0.1, 0.15) is 17.2 Å². The van der Waals surface area contributed by atoms with Gasteiger partial charge in [-0.15, -0.1) is 11.3 Å². The highest BCUT2D eigenvalue weighted by atomic mass is 32.1. The number of amides is 4. The maximum absolute atomic E-state index is 12.9. The van der Waals surface area contributed by atoms with Crippen molar-refractivity contribution in [3.05, 3.63) is 40.0 Å². The molecule has 1 atom stereocenters. The summed E-state index contributed by atoms with van der Waals surface area (Å²) in [5.74, 6) is 0.165. The van der Waals surface area contributed by atoms with Crippen LogP contribution in [0.2, 0.25) is 0 Å². The van der Waals surface area contributed by atoms with Crippen LogP contribution in [-0.4, -0.2) is 50.9 Å². The van der Waals surface area contributed by atoms with Crippen molar-refractivity contribution in [2.75, 3.05) is 0 Å².